The van der Waals surface area contributed by atoms with Gasteiger partial charge in [-0.25, -0.2) is 0 Å². The van der Waals surface area contributed by atoms with Crippen LogP contribution in [0.15, 0.2) is 157 Å². The molecule has 0 spiro atoms. The minimum Gasteiger partial charge on any atom is -0.507 e. The summed E-state index contributed by atoms with van der Waals surface area (Å²) >= 11 is 0. The van der Waals surface area contributed by atoms with Gasteiger partial charge in [-0.1, -0.05) is 84.9 Å². The van der Waals surface area contributed by atoms with Gasteiger partial charge in [-0.2, -0.15) is 36.4 Å². The molecule has 0 aliphatic rings. The van der Waals surface area contributed by atoms with Crippen molar-refractivity contribution < 1.29 is 21.6 Å². The van der Waals surface area contributed by atoms with Gasteiger partial charge < -0.3 is 5.11 Å². The standard InChI is InChI=1S/C18H15P.C8H9OP.C6H5.Ni/c1-4-10-16(11-5-1)19(17-12-6-2-7-13-17)18-14-8-3-9-15-18;9-8(6-10)7-4-2-1-3-5-7;1-2-4-6-5-3-1;/h1-15H;1-6,9H,10H2;1-5H;/q;;-1;/p+1/b;8-6-;;. The van der Waals surface area contributed by atoms with Gasteiger partial charge in [0.2, 0.25) is 0 Å². The molecule has 5 aromatic rings. The summed E-state index contributed by atoms with van der Waals surface area (Å²) in [5.41, 5.74) is 0.845. The molecule has 0 fully saturated rings. The molecule has 1 unspecified atom stereocenters. The van der Waals surface area contributed by atoms with Crippen molar-refractivity contribution in [3.05, 3.63) is 169 Å². The Balaban J connectivity index is 0.000000224. The predicted octanol–water partition coefficient (Wildman–Crippen LogP) is 7.08. The number of rotatable bonds is 4. The van der Waals surface area contributed by atoms with Crippen molar-refractivity contribution in [3.8, 4) is 0 Å². The van der Waals surface area contributed by atoms with Crippen molar-refractivity contribution in [2.75, 3.05) is 0 Å². The molecule has 0 saturated carbocycles. The first-order valence-electron chi connectivity index (χ1n) is 11.4. The minimum absolute atomic E-state index is 0. The van der Waals surface area contributed by atoms with E-state index in [0.29, 0.717) is 5.76 Å². The van der Waals surface area contributed by atoms with Gasteiger partial charge >= 0.3 is 0 Å². The molecule has 0 amide bonds. The Morgan fingerprint density at radius 2 is 0.889 bits per heavy atom. The van der Waals surface area contributed by atoms with Crippen LogP contribution >= 0.6 is 17.2 Å². The Hall–Kier alpha value is -3.01. The number of hydrogen-bond donors (Lipinski definition) is 1. The third kappa shape index (κ3) is 9.93. The molecule has 1 atom stereocenters. The maximum Gasteiger partial charge on any atom is 0.122 e. The first-order valence-corrected chi connectivity index (χ1v) is 13.6. The zero-order valence-electron chi connectivity index (χ0n) is 19.9. The average molecular weight is 551 g/mol. The van der Waals surface area contributed by atoms with Crippen LogP contribution in [0.25, 0.3) is 5.76 Å². The largest absolute Gasteiger partial charge is 0.507 e. The Morgan fingerprint density at radius 3 is 1.17 bits per heavy atom. The molecule has 0 aliphatic carbocycles. The van der Waals surface area contributed by atoms with E-state index in [9.17, 15) is 0 Å². The normalized spacial score (nSPS) is 10.1. The Kier molecular flexibility index (Phi) is 14.1. The van der Waals surface area contributed by atoms with Gasteiger partial charge in [0, 0.05) is 22.1 Å². The molecule has 5 rings (SSSR count). The summed E-state index contributed by atoms with van der Waals surface area (Å²) in [5.74, 6) is 1.89. The summed E-state index contributed by atoms with van der Waals surface area (Å²) in [5, 5.41) is 13.5. The fourth-order valence-corrected chi connectivity index (χ4v) is 6.13. The van der Waals surface area contributed by atoms with Crippen molar-refractivity contribution in [3.63, 3.8) is 0 Å². The van der Waals surface area contributed by atoms with E-state index >= 15 is 0 Å². The van der Waals surface area contributed by atoms with Crippen molar-refractivity contribution in [2.24, 2.45) is 0 Å². The molecule has 0 bridgehead atoms. The molecule has 1 N–H and O–H groups in total. The quantitative estimate of drug-likeness (QED) is 0.110. The summed E-state index contributed by atoms with van der Waals surface area (Å²) < 4.78 is 0. The average Bonchev–Trinajstić information content (AvgIpc) is 2.97. The van der Waals surface area contributed by atoms with Gasteiger partial charge in [-0.05, 0) is 42.2 Å². The Morgan fingerprint density at radius 1 is 0.556 bits per heavy atom. The molecule has 5 aromatic carbocycles. The third-order valence-corrected chi connectivity index (χ3v) is 8.07. The molecular weight excluding hydrogens is 521 g/mol. The van der Waals surface area contributed by atoms with Crippen LogP contribution in [0.4, 0.5) is 0 Å². The maximum atomic E-state index is 9.17. The smallest absolute Gasteiger partial charge is 0.122 e. The topological polar surface area (TPSA) is 20.2 Å². The van der Waals surface area contributed by atoms with Crippen LogP contribution in [0.1, 0.15) is 5.56 Å². The summed E-state index contributed by atoms with van der Waals surface area (Å²) in [4.78, 5) is 0. The van der Waals surface area contributed by atoms with Crippen LogP contribution in [0, 0.1) is 6.07 Å². The van der Waals surface area contributed by atoms with Crippen molar-refractivity contribution in [2.45, 2.75) is 0 Å². The third-order valence-electron chi connectivity index (χ3n) is 5.02. The fourth-order valence-electron chi connectivity index (χ4n) is 3.36. The molecule has 0 saturated heterocycles. The molecule has 1 nitrogen and oxygen atoms in total. The van der Waals surface area contributed by atoms with E-state index in [4.69, 9.17) is 5.11 Å². The number of aliphatic hydroxyl groups is 1. The van der Waals surface area contributed by atoms with E-state index in [1.165, 1.54) is 15.9 Å². The van der Waals surface area contributed by atoms with Gasteiger partial charge in [0.25, 0.3) is 0 Å². The summed E-state index contributed by atoms with van der Waals surface area (Å²) in [6, 6.07) is 54.4. The van der Waals surface area contributed by atoms with E-state index in [-0.39, 0.29) is 16.5 Å². The number of hydrogen-bond acceptors (Lipinski definition) is 1. The van der Waals surface area contributed by atoms with Crippen LogP contribution < -0.4 is 15.9 Å². The molecule has 36 heavy (non-hydrogen) atoms. The second kappa shape index (κ2) is 17.4. The van der Waals surface area contributed by atoms with Crippen molar-refractivity contribution >= 4 is 38.8 Å². The van der Waals surface area contributed by atoms with Gasteiger partial charge in [0.15, 0.2) is 0 Å². The Labute approximate surface area is 228 Å². The van der Waals surface area contributed by atoms with Gasteiger partial charge in [0.05, 0.1) is 7.92 Å². The summed E-state index contributed by atoms with van der Waals surface area (Å²) in [6.07, 6.45) is 0. The first-order chi connectivity index (χ1) is 17.3. The monoisotopic (exact) mass is 550 g/mol. The second-order valence-corrected chi connectivity index (χ2v) is 10.3. The Bertz CT molecular complexity index is 1110. The summed E-state index contributed by atoms with van der Waals surface area (Å²) in [7, 11) is 1.48. The maximum absolute atomic E-state index is 9.17. The number of aliphatic hydroxyl groups excluding tert-OH is 1. The van der Waals surface area contributed by atoms with Crippen LogP contribution in [0.5, 0.6) is 0 Å². The van der Waals surface area contributed by atoms with Gasteiger partial charge in [0.1, 0.15) is 21.7 Å². The predicted molar refractivity (Wildman–Crippen MR) is 159 cm³/mol. The van der Waals surface area contributed by atoms with Crippen LogP contribution in [-0.4, -0.2) is 5.11 Å². The van der Waals surface area contributed by atoms with Crippen LogP contribution in [0.3, 0.4) is 0 Å². The van der Waals surface area contributed by atoms with Crippen molar-refractivity contribution in [1.82, 2.24) is 0 Å². The zero-order valence-corrected chi connectivity index (χ0v) is 23.0. The minimum atomic E-state index is -0.877. The van der Waals surface area contributed by atoms with E-state index < -0.39 is 7.92 Å². The summed E-state index contributed by atoms with van der Waals surface area (Å²) in [6.45, 7) is 0. The van der Waals surface area contributed by atoms with Gasteiger partial charge in [-0.15, -0.1) is 9.24 Å². The SMILES string of the molecule is O/C(=C\P)c1ccccc1.[Ni].[c-]1ccccc1.c1ccc([PH+](c2ccccc2)c2ccccc2)cc1. The van der Waals surface area contributed by atoms with Gasteiger partial charge in [-0.3, -0.25) is 0 Å². The second-order valence-electron chi connectivity index (χ2n) is 7.47. The van der Waals surface area contributed by atoms with Crippen LogP contribution in [-0.2, 0) is 16.5 Å². The molecule has 0 heterocycles. The van der Waals surface area contributed by atoms with E-state index in [1.807, 2.05) is 60.7 Å². The van der Waals surface area contributed by atoms with Crippen molar-refractivity contribution in [1.29, 1.82) is 0 Å². The van der Waals surface area contributed by atoms with Crippen LogP contribution in [0.2, 0.25) is 0 Å². The van der Waals surface area contributed by atoms with E-state index in [0.717, 1.165) is 5.56 Å². The molecule has 184 valence electrons. The zero-order chi connectivity index (χ0) is 24.6. The first kappa shape index (κ1) is 29.2. The van der Waals surface area contributed by atoms with E-state index in [2.05, 4.69) is 106 Å². The molecule has 0 aliphatic heterocycles. The fraction of sp³-hybridized carbons (Fsp3) is 0. The van der Waals surface area contributed by atoms with E-state index in [1.54, 1.807) is 5.82 Å². The molecule has 4 heteroatoms. The molecule has 0 aromatic heterocycles. The molecule has 0 radical (unpaired) electrons. The molecular formula is C32H30NiOP2. The number of benzene rings is 5.